The van der Waals surface area contributed by atoms with Crippen LogP contribution in [0.2, 0.25) is 0 Å². The first-order valence-electron chi connectivity index (χ1n) is 5.45. The van der Waals surface area contributed by atoms with Crippen LogP contribution in [-0.4, -0.2) is 5.91 Å². The quantitative estimate of drug-likeness (QED) is 0.926. The Morgan fingerprint density at radius 1 is 1.16 bits per heavy atom. The number of carbonyl (C=O) groups excluding carboxylic acids is 1. The van der Waals surface area contributed by atoms with Crippen molar-refractivity contribution >= 4 is 11.6 Å². The Morgan fingerprint density at radius 2 is 1.89 bits per heavy atom. The summed E-state index contributed by atoms with van der Waals surface area (Å²) < 4.78 is 43.1. The highest BCUT2D eigenvalue weighted by atomic mass is 19.4. The van der Waals surface area contributed by atoms with Gasteiger partial charge >= 0.3 is 6.18 Å². The predicted octanol–water partition coefficient (Wildman–Crippen LogP) is 3.48. The second-order valence-corrected chi connectivity index (χ2v) is 3.85. The van der Waals surface area contributed by atoms with Crippen molar-refractivity contribution in [3.63, 3.8) is 0 Å². The number of furan rings is 1. The summed E-state index contributed by atoms with van der Waals surface area (Å²) in [4.78, 5) is 11.6. The molecule has 0 aliphatic rings. The second kappa shape index (κ2) is 5.17. The van der Waals surface area contributed by atoms with E-state index in [1.54, 1.807) is 12.1 Å². The Kier molecular flexibility index (Phi) is 3.59. The van der Waals surface area contributed by atoms with Crippen LogP contribution in [0.5, 0.6) is 0 Å². The molecule has 0 fully saturated rings. The number of alkyl halides is 3. The van der Waals surface area contributed by atoms with Crippen LogP contribution in [0, 0.1) is 0 Å². The fourth-order valence-corrected chi connectivity index (χ4v) is 1.61. The van der Waals surface area contributed by atoms with E-state index in [9.17, 15) is 18.0 Å². The van der Waals surface area contributed by atoms with Crippen LogP contribution in [0.1, 0.15) is 11.3 Å². The number of benzene rings is 1. The highest BCUT2D eigenvalue weighted by Gasteiger charge is 2.33. The molecular weight excluding hydrogens is 259 g/mol. The molecule has 1 aromatic heterocycles. The number of carbonyl (C=O) groups is 1. The number of halogens is 3. The van der Waals surface area contributed by atoms with Crippen LogP contribution in [0.4, 0.5) is 18.9 Å². The van der Waals surface area contributed by atoms with Gasteiger partial charge in [0.2, 0.25) is 5.91 Å². The third-order valence-electron chi connectivity index (χ3n) is 2.42. The molecule has 0 saturated heterocycles. The molecule has 1 N–H and O–H groups in total. The lowest BCUT2D eigenvalue weighted by Crippen LogP contribution is -2.17. The standard InChI is InChI=1S/C13H10F3NO2/c14-13(15,16)10-5-1-2-6-11(10)17-12(18)8-9-4-3-7-19-9/h1-7H,8H2,(H,17,18). The normalized spacial score (nSPS) is 11.3. The number of hydrogen-bond donors (Lipinski definition) is 1. The van der Waals surface area contributed by atoms with Gasteiger partial charge in [0.05, 0.1) is 23.9 Å². The zero-order chi connectivity index (χ0) is 13.9. The Morgan fingerprint density at radius 3 is 2.53 bits per heavy atom. The molecule has 0 aliphatic carbocycles. The first kappa shape index (κ1) is 13.2. The van der Waals surface area contributed by atoms with Gasteiger partial charge < -0.3 is 9.73 Å². The number of para-hydroxylation sites is 1. The highest BCUT2D eigenvalue weighted by Crippen LogP contribution is 2.34. The van der Waals surface area contributed by atoms with Gasteiger partial charge in [-0.1, -0.05) is 12.1 Å². The van der Waals surface area contributed by atoms with Gasteiger partial charge in [0.25, 0.3) is 0 Å². The molecule has 0 spiro atoms. The molecule has 3 nitrogen and oxygen atoms in total. The highest BCUT2D eigenvalue weighted by molar-refractivity contribution is 5.92. The van der Waals surface area contributed by atoms with Crippen LogP contribution in [0.3, 0.4) is 0 Å². The van der Waals surface area contributed by atoms with Crippen LogP contribution in [0.25, 0.3) is 0 Å². The topological polar surface area (TPSA) is 42.2 Å². The minimum atomic E-state index is -4.51. The van der Waals surface area contributed by atoms with E-state index in [4.69, 9.17) is 4.42 Å². The molecular formula is C13H10F3NO2. The molecule has 19 heavy (non-hydrogen) atoms. The van der Waals surface area contributed by atoms with E-state index in [1.165, 1.54) is 24.5 Å². The number of rotatable bonds is 3. The van der Waals surface area contributed by atoms with Gasteiger partial charge in [-0.05, 0) is 24.3 Å². The zero-order valence-corrected chi connectivity index (χ0v) is 9.70. The van der Waals surface area contributed by atoms with Gasteiger partial charge in [0.15, 0.2) is 0 Å². The molecule has 2 rings (SSSR count). The maximum Gasteiger partial charge on any atom is 0.418 e. The van der Waals surface area contributed by atoms with Crippen LogP contribution in [0.15, 0.2) is 47.1 Å². The largest absolute Gasteiger partial charge is 0.469 e. The van der Waals surface area contributed by atoms with E-state index in [0.717, 1.165) is 6.07 Å². The van der Waals surface area contributed by atoms with Crippen molar-refractivity contribution in [1.29, 1.82) is 0 Å². The summed E-state index contributed by atoms with van der Waals surface area (Å²) >= 11 is 0. The Bertz CT molecular complexity index is 562. The zero-order valence-electron chi connectivity index (χ0n) is 9.70. The minimum absolute atomic E-state index is 0.112. The first-order chi connectivity index (χ1) is 8.97. The molecule has 0 bridgehead atoms. The van der Waals surface area contributed by atoms with E-state index in [-0.39, 0.29) is 12.1 Å². The Balaban J connectivity index is 2.13. The van der Waals surface area contributed by atoms with Gasteiger partial charge in [0, 0.05) is 0 Å². The fourth-order valence-electron chi connectivity index (χ4n) is 1.61. The predicted molar refractivity (Wildman–Crippen MR) is 62.5 cm³/mol. The molecule has 0 atom stereocenters. The van der Waals surface area contributed by atoms with E-state index in [1.807, 2.05) is 0 Å². The average Bonchev–Trinajstić information content (AvgIpc) is 2.81. The van der Waals surface area contributed by atoms with Gasteiger partial charge in [-0.3, -0.25) is 4.79 Å². The van der Waals surface area contributed by atoms with Gasteiger partial charge in [-0.2, -0.15) is 13.2 Å². The fraction of sp³-hybridized carbons (Fsp3) is 0.154. The molecule has 0 unspecified atom stereocenters. The van der Waals surface area contributed by atoms with Gasteiger partial charge in [-0.15, -0.1) is 0 Å². The van der Waals surface area contributed by atoms with Crippen molar-refractivity contribution in [3.05, 3.63) is 54.0 Å². The molecule has 1 aromatic carbocycles. The number of nitrogens with one attached hydrogen (secondary N) is 1. The van der Waals surface area contributed by atoms with Crippen molar-refractivity contribution in [2.45, 2.75) is 12.6 Å². The molecule has 1 amide bonds. The number of amides is 1. The first-order valence-corrected chi connectivity index (χ1v) is 5.45. The van der Waals surface area contributed by atoms with Crippen LogP contribution < -0.4 is 5.32 Å². The third-order valence-corrected chi connectivity index (χ3v) is 2.42. The van der Waals surface area contributed by atoms with Crippen molar-refractivity contribution in [2.24, 2.45) is 0 Å². The molecule has 0 radical (unpaired) electrons. The summed E-state index contributed by atoms with van der Waals surface area (Å²) in [6.07, 6.45) is -3.22. The second-order valence-electron chi connectivity index (χ2n) is 3.85. The van der Waals surface area contributed by atoms with Crippen LogP contribution >= 0.6 is 0 Å². The molecule has 100 valence electrons. The van der Waals surface area contributed by atoms with E-state index < -0.39 is 17.6 Å². The summed E-state index contributed by atoms with van der Waals surface area (Å²) in [5.41, 5.74) is -1.13. The van der Waals surface area contributed by atoms with E-state index >= 15 is 0 Å². The van der Waals surface area contributed by atoms with Crippen molar-refractivity contribution in [2.75, 3.05) is 5.32 Å². The summed E-state index contributed by atoms with van der Waals surface area (Å²) in [5.74, 6) is -0.173. The molecule has 0 aliphatic heterocycles. The molecule has 1 heterocycles. The SMILES string of the molecule is O=C(Cc1ccco1)Nc1ccccc1C(F)(F)F. The van der Waals surface area contributed by atoms with Crippen molar-refractivity contribution in [3.8, 4) is 0 Å². The van der Waals surface area contributed by atoms with Crippen molar-refractivity contribution in [1.82, 2.24) is 0 Å². The average molecular weight is 269 g/mol. The summed E-state index contributed by atoms with van der Waals surface area (Å²) in [7, 11) is 0. The molecule has 2 aromatic rings. The Labute approximate surface area is 107 Å². The number of hydrogen-bond acceptors (Lipinski definition) is 2. The smallest absolute Gasteiger partial charge is 0.418 e. The van der Waals surface area contributed by atoms with Gasteiger partial charge in [0.1, 0.15) is 5.76 Å². The monoisotopic (exact) mass is 269 g/mol. The molecule has 0 saturated carbocycles. The summed E-state index contributed by atoms with van der Waals surface area (Å²) in [6, 6.07) is 8.01. The Hall–Kier alpha value is -2.24. The number of anilines is 1. The summed E-state index contributed by atoms with van der Waals surface area (Å²) in [5, 5.41) is 2.24. The lowest BCUT2D eigenvalue weighted by Gasteiger charge is -2.13. The lowest BCUT2D eigenvalue weighted by atomic mass is 10.1. The summed E-state index contributed by atoms with van der Waals surface area (Å²) in [6.45, 7) is 0. The van der Waals surface area contributed by atoms with Crippen molar-refractivity contribution < 1.29 is 22.4 Å². The van der Waals surface area contributed by atoms with Gasteiger partial charge in [-0.25, -0.2) is 0 Å². The minimum Gasteiger partial charge on any atom is -0.469 e. The lowest BCUT2D eigenvalue weighted by molar-refractivity contribution is -0.137. The van der Waals surface area contributed by atoms with Crippen LogP contribution in [-0.2, 0) is 17.4 Å². The maximum atomic E-state index is 12.7. The maximum absolute atomic E-state index is 12.7. The molecule has 6 heteroatoms. The third kappa shape index (κ3) is 3.37. The van der Waals surface area contributed by atoms with E-state index in [0.29, 0.717) is 5.76 Å². The van der Waals surface area contributed by atoms with E-state index in [2.05, 4.69) is 5.32 Å².